The van der Waals surface area contributed by atoms with E-state index >= 15 is 0 Å². The number of amides is 1. The molecule has 0 fully saturated rings. The topological polar surface area (TPSA) is 58.6 Å². The quantitative estimate of drug-likeness (QED) is 0.887. The van der Waals surface area contributed by atoms with E-state index in [-0.39, 0.29) is 17.8 Å². The maximum absolute atomic E-state index is 12.1. The van der Waals surface area contributed by atoms with Gasteiger partial charge in [-0.1, -0.05) is 18.2 Å². The van der Waals surface area contributed by atoms with E-state index in [0.717, 1.165) is 5.56 Å². The molecule has 2 N–H and O–H groups in total. The minimum Gasteiger partial charge on any atom is -0.508 e. The number of carbonyl (C=O) groups excluding carboxylic acids is 1. The molecule has 1 amide bonds. The van der Waals surface area contributed by atoms with Gasteiger partial charge >= 0.3 is 0 Å². The van der Waals surface area contributed by atoms with Gasteiger partial charge in [-0.05, 0) is 49.7 Å². The number of phenols is 1. The molecule has 0 spiro atoms. The first-order valence-corrected chi connectivity index (χ1v) is 6.87. The molecule has 0 aromatic heterocycles. The summed E-state index contributed by atoms with van der Waals surface area (Å²) in [5, 5.41) is 12.1. The Labute approximate surface area is 124 Å². The molecular weight excluding hydrogens is 266 g/mol. The Morgan fingerprint density at radius 2 is 1.90 bits per heavy atom. The van der Waals surface area contributed by atoms with E-state index in [9.17, 15) is 9.90 Å². The summed E-state index contributed by atoms with van der Waals surface area (Å²) in [6, 6.07) is 13.8. The number of rotatable bonds is 5. The van der Waals surface area contributed by atoms with E-state index in [1.807, 2.05) is 19.9 Å². The number of phenolic OH excluding ortho intramolecular Hbond substituents is 1. The van der Waals surface area contributed by atoms with E-state index in [1.165, 1.54) is 0 Å². The van der Waals surface area contributed by atoms with Gasteiger partial charge in [0.15, 0.2) is 0 Å². The standard InChI is InChI=1S/C17H19NO3/c1-12(2)21-16-5-3-4-14(10-16)17(20)18-11-13-6-8-15(19)9-7-13/h3-10,12,19H,11H2,1-2H3,(H,18,20). The molecule has 0 heterocycles. The van der Waals surface area contributed by atoms with E-state index in [0.29, 0.717) is 17.9 Å². The van der Waals surface area contributed by atoms with Crippen LogP contribution in [0.3, 0.4) is 0 Å². The summed E-state index contributed by atoms with van der Waals surface area (Å²) in [5.74, 6) is 0.739. The monoisotopic (exact) mass is 285 g/mol. The van der Waals surface area contributed by atoms with Gasteiger partial charge in [0.2, 0.25) is 0 Å². The van der Waals surface area contributed by atoms with Crippen LogP contribution in [0.1, 0.15) is 29.8 Å². The van der Waals surface area contributed by atoms with E-state index in [4.69, 9.17) is 4.74 Å². The number of hydrogen-bond donors (Lipinski definition) is 2. The first kappa shape index (κ1) is 14.9. The first-order valence-electron chi connectivity index (χ1n) is 6.87. The molecule has 0 saturated heterocycles. The van der Waals surface area contributed by atoms with Gasteiger partial charge in [-0.2, -0.15) is 0 Å². The average Bonchev–Trinajstić information content (AvgIpc) is 2.46. The van der Waals surface area contributed by atoms with Crippen molar-refractivity contribution in [1.82, 2.24) is 5.32 Å². The van der Waals surface area contributed by atoms with Gasteiger partial charge < -0.3 is 15.2 Å². The zero-order valence-corrected chi connectivity index (χ0v) is 12.2. The number of hydrogen-bond acceptors (Lipinski definition) is 3. The minimum absolute atomic E-state index is 0.0697. The molecule has 0 aliphatic carbocycles. The van der Waals surface area contributed by atoms with E-state index in [1.54, 1.807) is 42.5 Å². The summed E-state index contributed by atoms with van der Waals surface area (Å²) in [4.78, 5) is 12.1. The van der Waals surface area contributed by atoms with E-state index < -0.39 is 0 Å². The van der Waals surface area contributed by atoms with Crippen molar-refractivity contribution in [3.8, 4) is 11.5 Å². The van der Waals surface area contributed by atoms with Crippen molar-refractivity contribution >= 4 is 5.91 Å². The molecule has 0 aliphatic heterocycles. The Morgan fingerprint density at radius 3 is 2.57 bits per heavy atom. The molecule has 0 saturated carbocycles. The van der Waals surface area contributed by atoms with Crippen LogP contribution in [-0.2, 0) is 6.54 Å². The smallest absolute Gasteiger partial charge is 0.251 e. The van der Waals surface area contributed by atoms with Crippen molar-refractivity contribution in [1.29, 1.82) is 0 Å². The summed E-state index contributed by atoms with van der Waals surface area (Å²) < 4.78 is 5.57. The Balaban J connectivity index is 1.98. The molecule has 0 radical (unpaired) electrons. The fourth-order valence-corrected chi connectivity index (χ4v) is 1.88. The number of nitrogens with one attached hydrogen (secondary N) is 1. The summed E-state index contributed by atoms with van der Waals surface area (Å²) in [6.07, 6.45) is 0.0697. The molecule has 2 aromatic carbocycles. The molecule has 4 nitrogen and oxygen atoms in total. The summed E-state index contributed by atoms with van der Waals surface area (Å²) in [7, 11) is 0. The Morgan fingerprint density at radius 1 is 1.19 bits per heavy atom. The molecule has 2 rings (SSSR count). The average molecular weight is 285 g/mol. The highest BCUT2D eigenvalue weighted by atomic mass is 16.5. The van der Waals surface area contributed by atoms with Crippen LogP contribution in [0.5, 0.6) is 11.5 Å². The highest BCUT2D eigenvalue weighted by molar-refractivity contribution is 5.94. The van der Waals surface area contributed by atoms with Gasteiger partial charge in [0, 0.05) is 12.1 Å². The van der Waals surface area contributed by atoms with Crippen LogP contribution >= 0.6 is 0 Å². The molecule has 0 unspecified atom stereocenters. The number of carbonyl (C=O) groups is 1. The lowest BCUT2D eigenvalue weighted by atomic mass is 10.2. The lowest BCUT2D eigenvalue weighted by Crippen LogP contribution is -2.22. The van der Waals surface area contributed by atoms with Crippen molar-refractivity contribution in [3.05, 3.63) is 59.7 Å². The summed E-state index contributed by atoms with van der Waals surface area (Å²) in [6.45, 7) is 4.30. The number of benzene rings is 2. The Hall–Kier alpha value is -2.49. The fourth-order valence-electron chi connectivity index (χ4n) is 1.88. The molecule has 0 atom stereocenters. The van der Waals surface area contributed by atoms with Crippen molar-refractivity contribution < 1.29 is 14.6 Å². The molecule has 21 heavy (non-hydrogen) atoms. The van der Waals surface area contributed by atoms with Crippen LogP contribution in [0, 0.1) is 0 Å². The zero-order valence-electron chi connectivity index (χ0n) is 12.2. The van der Waals surface area contributed by atoms with Gasteiger partial charge in [0.05, 0.1) is 6.10 Å². The lowest BCUT2D eigenvalue weighted by Gasteiger charge is -2.11. The maximum atomic E-state index is 12.1. The highest BCUT2D eigenvalue weighted by Crippen LogP contribution is 2.15. The van der Waals surface area contributed by atoms with Crippen LogP contribution in [0.15, 0.2) is 48.5 Å². The predicted octanol–water partition coefficient (Wildman–Crippen LogP) is 3.11. The van der Waals surface area contributed by atoms with E-state index in [2.05, 4.69) is 5.32 Å². The molecule has 0 bridgehead atoms. The van der Waals surface area contributed by atoms with Crippen molar-refractivity contribution in [2.24, 2.45) is 0 Å². The SMILES string of the molecule is CC(C)Oc1cccc(C(=O)NCc2ccc(O)cc2)c1. The maximum Gasteiger partial charge on any atom is 0.251 e. The number of aromatic hydroxyl groups is 1. The van der Waals surface area contributed by atoms with Crippen LogP contribution in [0.25, 0.3) is 0 Å². The van der Waals surface area contributed by atoms with Gasteiger partial charge in [0.1, 0.15) is 11.5 Å². The normalized spacial score (nSPS) is 10.4. The zero-order chi connectivity index (χ0) is 15.2. The minimum atomic E-state index is -0.155. The van der Waals surface area contributed by atoms with Crippen LogP contribution < -0.4 is 10.1 Å². The van der Waals surface area contributed by atoms with Crippen molar-refractivity contribution in [2.45, 2.75) is 26.5 Å². The molecule has 110 valence electrons. The largest absolute Gasteiger partial charge is 0.508 e. The lowest BCUT2D eigenvalue weighted by molar-refractivity contribution is 0.0950. The van der Waals surface area contributed by atoms with Gasteiger partial charge in [-0.25, -0.2) is 0 Å². The molecule has 0 aliphatic rings. The predicted molar refractivity (Wildman–Crippen MR) is 81.5 cm³/mol. The Bertz CT molecular complexity index is 606. The second-order valence-electron chi connectivity index (χ2n) is 5.04. The third-order valence-electron chi connectivity index (χ3n) is 2.86. The van der Waals surface area contributed by atoms with Crippen LogP contribution in [0.4, 0.5) is 0 Å². The van der Waals surface area contributed by atoms with Gasteiger partial charge in [-0.15, -0.1) is 0 Å². The Kier molecular flexibility index (Phi) is 4.82. The summed E-state index contributed by atoms with van der Waals surface area (Å²) in [5.41, 5.74) is 1.49. The molecule has 2 aromatic rings. The first-order chi connectivity index (χ1) is 10.0. The molecule has 4 heteroatoms. The van der Waals surface area contributed by atoms with Gasteiger partial charge in [0.25, 0.3) is 5.91 Å². The third-order valence-corrected chi connectivity index (χ3v) is 2.86. The van der Waals surface area contributed by atoms with Gasteiger partial charge in [-0.3, -0.25) is 4.79 Å². The highest BCUT2D eigenvalue weighted by Gasteiger charge is 2.07. The fraction of sp³-hybridized carbons (Fsp3) is 0.235. The third kappa shape index (κ3) is 4.53. The second kappa shape index (κ2) is 6.79. The van der Waals surface area contributed by atoms with Crippen LogP contribution in [-0.4, -0.2) is 17.1 Å². The van der Waals surface area contributed by atoms with Crippen molar-refractivity contribution in [2.75, 3.05) is 0 Å². The second-order valence-corrected chi connectivity index (χ2v) is 5.04. The summed E-state index contributed by atoms with van der Waals surface area (Å²) >= 11 is 0. The molecular formula is C17H19NO3. The van der Waals surface area contributed by atoms with Crippen molar-refractivity contribution in [3.63, 3.8) is 0 Å². The number of ether oxygens (including phenoxy) is 1. The van der Waals surface area contributed by atoms with Crippen LogP contribution in [0.2, 0.25) is 0 Å².